The van der Waals surface area contributed by atoms with Crippen LogP contribution in [0.1, 0.15) is 27.0 Å². The fourth-order valence-corrected chi connectivity index (χ4v) is 3.39. The van der Waals surface area contributed by atoms with E-state index in [1.54, 1.807) is 19.2 Å². The Bertz CT molecular complexity index is 1030. The van der Waals surface area contributed by atoms with Crippen molar-refractivity contribution in [2.45, 2.75) is 20.8 Å². The third-order valence-electron chi connectivity index (χ3n) is 4.60. The smallest absolute Gasteiger partial charge is 0.339 e. The lowest BCUT2D eigenvalue weighted by Crippen LogP contribution is -2.22. The number of nitrogens with one attached hydrogen (secondary N) is 1. The van der Waals surface area contributed by atoms with Crippen molar-refractivity contribution in [3.8, 4) is 5.75 Å². The van der Waals surface area contributed by atoms with Crippen LogP contribution in [-0.2, 0) is 9.53 Å². The minimum absolute atomic E-state index is 0.355. The zero-order valence-corrected chi connectivity index (χ0v) is 16.5. The van der Waals surface area contributed by atoms with Gasteiger partial charge in [0.25, 0.3) is 5.91 Å². The number of rotatable bonds is 5. The maximum atomic E-state index is 12.6. The molecule has 0 saturated carbocycles. The second kappa shape index (κ2) is 8.13. The Morgan fingerprint density at radius 3 is 2.21 bits per heavy atom. The SMILES string of the molecule is COc1ccc(C(=O)OCC(=O)Nc2c(C)cc(C)cc2C)c2ccccc12. The maximum absolute atomic E-state index is 12.6. The van der Waals surface area contributed by atoms with Crippen LogP contribution in [0.4, 0.5) is 5.69 Å². The van der Waals surface area contributed by atoms with Gasteiger partial charge in [-0.2, -0.15) is 0 Å². The third kappa shape index (κ3) is 3.98. The first-order chi connectivity index (χ1) is 13.4. The molecule has 3 aromatic rings. The molecule has 0 aliphatic heterocycles. The Morgan fingerprint density at radius 1 is 0.929 bits per heavy atom. The van der Waals surface area contributed by atoms with E-state index in [4.69, 9.17) is 9.47 Å². The number of aryl methyl sites for hydroxylation is 3. The van der Waals surface area contributed by atoms with Gasteiger partial charge in [0.1, 0.15) is 5.75 Å². The van der Waals surface area contributed by atoms with E-state index in [0.717, 1.165) is 33.2 Å². The summed E-state index contributed by atoms with van der Waals surface area (Å²) in [5, 5.41) is 4.37. The molecule has 0 unspecified atom stereocenters. The zero-order valence-electron chi connectivity index (χ0n) is 16.5. The second-order valence-electron chi connectivity index (χ2n) is 6.76. The summed E-state index contributed by atoms with van der Waals surface area (Å²) in [6.07, 6.45) is 0. The highest BCUT2D eigenvalue weighted by atomic mass is 16.5. The second-order valence-corrected chi connectivity index (χ2v) is 6.76. The average Bonchev–Trinajstić information content (AvgIpc) is 2.68. The minimum atomic E-state index is -0.550. The highest BCUT2D eigenvalue weighted by molar-refractivity contribution is 6.07. The van der Waals surface area contributed by atoms with Crippen LogP contribution in [0.15, 0.2) is 48.5 Å². The monoisotopic (exact) mass is 377 g/mol. The Morgan fingerprint density at radius 2 is 1.57 bits per heavy atom. The number of amides is 1. The highest BCUT2D eigenvalue weighted by Crippen LogP contribution is 2.28. The van der Waals surface area contributed by atoms with Crippen molar-refractivity contribution in [2.24, 2.45) is 0 Å². The number of esters is 1. The normalized spacial score (nSPS) is 10.6. The predicted octanol–water partition coefficient (Wildman–Crippen LogP) is 4.57. The average molecular weight is 377 g/mol. The molecule has 1 amide bonds. The summed E-state index contributed by atoms with van der Waals surface area (Å²) in [4.78, 5) is 24.8. The molecule has 144 valence electrons. The Kier molecular flexibility index (Phi) is 5.64. The van der Waals surface area contributed by atoms with Crippen molar-refractivity contribution in [1.82, 2.24) is 0 Å². The van der Waals surface area contributed by atoms with Crippen molar-refractivity contribution >= 4 is 28.3 Å². The van der Waals surface area contributed by atoms with Gasteiger partial charge in [-0.1, -0.05) is 42.0 Å². The first-order valence-corrected chi connectivity index (χ1v) is 9.01. The van der Waals surface area contributed by atoms with Gasteiger partial charge < -0.3 is 14.8 Å². The van der Waals surface area contributed by atoms with Crippen LogP contribution in [0, 0.1) is 20.8 Å². The van der Waals surface area contributed by atoms with E-state index in [2.05, 4.69) is 5.32 Å². The third-order valence-corrected chi connectivity index (χ3v) is 4.60. The van der Waals surface area contributed by atoms with E-state index in [0.29, 0.717) is 11.3 Å². The van der Waals surface area contributed by atoms with Gasteiger partial charge in [0.15, 0.2) is 6.61 Å². The van der Waals surface area contributed by atoms with Crippen LogP contribution in [0.25, 0.3) is 10.8 Å². The number of hydrogen-bond acceptors (Lipinski definition) is 4. The van der Waals surface area contributed by atoms with Crippen molar-refractivity contribution in [3.05, 3.63) is 70.8 Å². The van der Waals surface area contributed by atoms with Gasteiger partial charge in [0.05, 0.1) is 12.7 Å². The molecular formula is C23H23NO4. The first kappa shape index (κ1) is 19.4. The zero-order chi connectivity index (χ0) is 20.3. The summed E-state index contributed by atoms with van der Waals surface area (Å²) in [5.41, 5.74) is 4.22. The number of hydrogen-bond donors (Lipinski definition) is 1. The van der Waals surface area contributed by atoms with Gasteiger partial charge in [-0.05, 0) is 49.4 Å². The van der Waals surface area contributed by atoms with E-state index in [9.17, 15) is 9.59 Å². The number of anilines is 1. The number of carbonyl (C=O) groups excluding carboxylic acids is 2. The highest BCUT2D eigenvalue weighted by Gasteiger charge is 2.16. The number of methoxy groups -OCH3 is 1. The number of ether oxygens (including phenoxy) is 2. The number of fused-ring (bicyclic) bond motifs is 1. The lowest BCUT2D eigenvalue weighted by molar-refractivity contribution is -0.119. The molecule has 3 aromatic carbocycles. The summed E-state index contributed by atoms with van der Waals surface area (Å²) in [6, 6.07) is 14.8. The summed E-state index contributed by atoms with van der Waals surface area (Å²) in [5.74, 6) is -0.247. The molecule has 0 aromatic heterocycles. The predicted molar refractivity (Wildman–Crippen MR) is 110 cm³/mol. The van der Waals surface area contributed by atoms with Gasteiger partial charge in [-0.15, -0.1) is 0 Å². The fraction of sp³-hybridized carbons (Fsp3) is 0.217. The fourth-order valence-electron chi connectivity index (χ4n) is 3.39. The van der Waals surface area contributed by atoms with Crippen LogP contribution in [0.3, 0.4) is 0 Å². The number of carbonyl (C=O) groups is 2. The molecule has 0 bridgehead atoms. The topological polar surface area (TPSA) is 64.6 Å². The van der Waals surface area contributed by atoms with Crippen LogP contribution < -0.4 is 10.1 Å². The molecular weight excluding hydrogens is 354 g/mol. The van der Waals surface area contributed by atoms with E-state index in [-0.39, 0.29) is 12.5 Å². The van der Waals surface area contributed by atoms with Gasteiger partial charge in [-0.25, -0.2) is 4.79 Å². The maximum Gasteiger partial charge on any atom is 0.339 e. The molecule has 0 aliphatic carbocycles. The van der Waals surface area contributed by atoms with E-state index < -0.39 is 5.97 Å². The number of benzene rings is 3. The molecule has 0 fully saturated rings. The molecule has 1 N–H and O–H groups in total. The lowest BCUT2D eigenvalue weighted by atomic mass is 10.0. The van der Waals surface area contributed by atoms with Crippen LogP contribution in [0.2, 0.25) is 0 Å². The van der Waals surface area contributed by atoms with E-state index in [1.807, 2.05) is 57.2 Å². The molecule has 3 rings (SSSR count). The van der Waals surface area contributed by atoms with E-state index in [1.165, 1.54) is 0 Å². The molecule has 28 heavy (non-hydrogen) atoms. The molecule has 5 nitrogen and oxygen atoms in total. The molecule has 0 radical (unpaired) electrons. The summed E-state index contributed by atoms with van der Waals surface area (Å²) < 4.78 is 10.6. The molecule has 0 aliphatic rings. The van der Waals surface area contributed by atoms with Crippen LogP contribution in [-0.4, -0.2) is 25.6 Å². The van der Waals surface area contributed by atoms with Gasteiger partial charge in [0.2, 0.25) is 0 Å². The Hall–Kier alpha value is -3.34. The van der Waals surface area contributed by atoms with Gasteiger partial charge in [0, 0.05) is 11.1 Å². The molecule has 5 heteroatoms. The quantitative estimate of drug-likeness (QED) is 0.662. The van der Waals surface area contributed by atoms with Crippen LogP contribution >= 0.6 is 0 Å². The van der Waals surface area contributed by atoms with Crippen molar-refractivity contribution in [1.29, 1.82) is 0 Å². The van der Waals surface area contributed by atoms with Crippen LogP contribution in [0.5, 0.6) is 5.75 Å². The van der Waals surface area contributed by atoms with Gasteiger partial charge >= 0.3 is 5.97 Å². The molecule has 0 spiro atoms. The summed E-state index contributed by atoms with van der Waals surface area (Å²) in [7, 11) is 1.58. The summed E-state index contributed by atoms with van der Waals surface area (Å²) >= 11 is 0. The molecule has 0 heterocycles. The van der Waals surface area contributed by atoms with Crippen molar-refractivity contribution in [2.75, 3.05) is 19.0 Å². The summed E-state index contributed by atoms with van der Waals surface area (Å²) in [6.45, 7) is 5.52. The lowest BCUT2D eigenvalue weighted by Gasteiger charge is -2.13. The van der Waals surface area contributed by atoms with Crippen molar-refractivity contribution in [3.63, 3.8) is 0 Å². The minimum Gasteiger partial charge on any atom is -0.496 e. The standard InChI is InChI=1S/C23H23NO4/c1-14-11-15(2)22(16(3)12-14)24-21(25)13-28-23(26)19-9-10-20(27-4)18-8-6-5-7-17(18)19/h5-12H,13H2,1-4H3,(H,24,25). The van der Waals surface area contributed by atoms with Crippen molar-refractivity contribution < 1.29 is 19.1 Å². The van der Waals surface area contributed by atoms with Gasteiger partial charge in [-0.3, -0.25) is 4.79 Å². The molecule has 0 atom stereocenters. The van der Waals surface area contributed by atoms with E-state index >= 15 is 0 Å². The first-order valence-electron chi connectivity index (χ1n) is 9.01. The Balaban J connectivity index is 1.73. The Labute approximate surface area is 164 Å². The molecule has 0 saturated heterocycles. The largest absolute Gasteiger partial charge is 0.496 e.